The second-order valence-electron chi connectivity index (χ2n) is 5.70. The molecule has 0 radical (unpaired) electrons. The van der Waals surface area contributed by atoms with Crippen molar-refractivity contribution in [2.45, 2.75) is 11.4 Å². The maximum absolute atomic E-state index is 13.0. The maximum Gasteiger partial charge on any atom is 0.325 e. The minimum absolute atomic E-state index is 0.0122. The molecular formula is C18H14FN3O5S2. The monoisotopic (exact) mass is 435 g/mol. The third-order valence-electron chi connectivity index (χ3n) is 3.79. The zero-order valence-corrected chi connectivity index (χ0v) is 16.7. The van der Waals surface area contributed by atoms with Gasteiger partial charge in [0.25, 0.3) is 11.6 Å². The van der Waals surface area contributed by atoms with Gasteiger partial charge >= 0.3 is 5.97 Å². The first kappa shape index (κ1) is 20.7. The Morgan fingerprint density at radius 2 is 2.00 bits per heavy atom. The number of thioether (sulfide) groups is 1. The first-order valence-corrected chi connectivity index (χ1v) is 9.98. The number of esters is 1. The van der Waals surface area contributed by atoms with Crippen LogP contribution in [-0.2, 0) is 20.9 Å². The smallest absolute Gasteiger partial charge is 0.325 e. The van der Waals surface area contributed by atoms with Crippen molar-refractivity contribution >= 4 is 50.9 Å². The van der Waals surface area contributed by atoms with E-state index < -0.39 is 16.8 Å². The summed E-state index contributed by atoms with van der Waals surface area (Å²) in [5, 5.41) is 11.1. The van der Waals surface area contributed by atoms with Crippen molar-refractivity contribution in [3.8, 4) is 0 Å². The molecule has 0 aliphatic carbocycles. The van der Waals surface area contributed by atoms with E-state index in [0.717, 1.165) is 11.3 Å². The van der Waals surface area contributed by atoms with E-state index in [2.05, 4.69) is 9.73 Å². The van der Waals surface area contributed by atoms with E-state index >= 15 is 0 Å². The van der Waals surface area contributed by atoms with Crippen molar-refractivity contribution in [3.05, 3.63) is 63.2 Å². The van der Waals surface area contributed by atoms with Gasteiger partial charge in [0.1, 0.15) is 12.4 Å². The van der Waals surface area contributed by atoms with Crippen molar-refractivity contribution in [2.75, 3.05) is 12.9 Å². The number of hydrogen-bond acceptors (Lipinski definition) is 7. The number of rotatable bonds is 6. The van der Waals surface area contributed by atoms with Gasteiger partial charge in [0.2, 0.25) is 0 Å². The summed E-state index contributed by atoms with van der Waals surface area (Å²) in [6.45, 7) is -0.241. The lowest BCUT2D eigenvalue weighted by Gasteiger charge is -2.03. The second-order valence-corrected chi connectivity index (χ2v) is 7.76. The van der Waals surface area contributed by atoms with Crippen LogP contribution in [-0.4, -0.2) is 34.2 Å². The lowest BCUT2D eigenvalue weighted by Crippen LogP contribution is -2.22. The molecule has 0 bridgehead atoms. The average molecular weight is 435 g/mol. The van der Waals surface area contributed by atoms with E-state index in [-0.39, 0.29) is 28.6 Å². The van der Waals surface area contributed by atoms with Gasteiger partial charge in [-0.15, -0.1) is 11.8 Å². The normalized spacial score (nSPS) is 11.6. The van der Waals surface area contributed by atoms with Crippen molar-refractivity contribution in [1.82, 2.24) is 4.57 Å². The van der Waals surface area contributed by atoms with Crippen molar-refractivity contribution in [2.24, 2.45) is 4.99 Å². The standard InChI is InChI=1S/C18H14FN3O5S2/c1-27-17(24)9-21-14-8-12(22(25)26)4-7-15(14)29-18(21)20-16(23)10-28-13-5-2-11(19)3-6-13/h2-8H,9-10H2,1H3. The van der Waals surface area contributed by atoms with E-state index in [1.165, 1.54) is 47.7 Å². The highest BCUT2D eigenvalue weighted by atomic mass is 32.2. The number of benzene rings is 2. The molecule has 0 aliphatic heterocycles. The molecule has 2 aromatic carbocycles. The highest BCUT2D eigenvalue weighted by molar-refractivity contribution is 8.00. The summed E-state index contributed by atoms with van der Waals surface area (Å²) >= 11 is 2.33. The number of fused-ring (bicyclic) bond motifs is 1. The Hall–Kier alpha value is -3.05. The number of carbonyl (C=O) groups excluding carboxylic acids is 2. The third-order valence-corrected chi connectivity index (χ3v) is 5.84. The van der Waals surface area contributed by atoms with Gasteiger partial charge in [0, 0.05) is 17.0 Å². The summed E-state index contributed by atoms with van der Waals surface area (Å²) in [6, 6.07) is 9.93. The maximum atomic E-state index is 13.0. The van der Waals surface area contributed by atoms with Crippen LogP contribution in [0.2, 0.25) is 0 Å². The fourth-order valence-electron chi connectivity index (χ4n) is 2.42. The lowest BCUT2D eigenvalue weighted by atomic mass is 10.3. The number of amides is 1. The lowest BCUT2D eigenvalue weighted by molar-refractivity contribution is -0.384. The summed E-state index contributed by atoms with van der Waals surface area (Å²) in [6.07, 6.45) is 0. The Morgan fingerprint density at radius 3 is 2.66 bits per heavy atom. The van der Waals surface area contributed by atoms with Crippen molar-refractivity contribution < 1.29 is 23.6 Å². The van der Waals surface area contributed by atoms with E-state index in [9.17, 15) is 24.1 Å². The predicted molar refractivity (Wildman–Crippen MR) is 106 cm³/mol. The Labute approximate surface area is 171 Å². The number of hydrogen-bond donors (Lipinski definition) is 0. The molecule has 0 spiro atoms. The van der Waals surface area contributed by atoms with Crippen LogP contribution in [0.5, 0.6) is 0 Å². The minimum atomic E-state index is -0.578. The predicted octanol–water partition coefficient (Wildman–Crippen LogP) is 3.14. The highest BCUT2D eigenvalue weighted by Gasteiger charge is 2.15. The Kier molecular flexibility index (Phi) is 6.39. The van der Waals surface area contributed by atoms with Crippen LogP contribution in [0.25, 0.3) is 10.2 Å². The van der Waals surface area contributed by atoms with Crippen LogP contribution < -0.4 is 4.80 Å². The molecule has 8 nitrogen and oxygen atoms in total. The molecule has 0 saturated heterocycles. The summed E-state index contributed by atoms with van der Waals surface area (Å²) < 4.78 is 19.7. The van der Waals surface area contributed by atoms with Gasteiger partial charge in [0.15, 0.2) is 4.80 Å². The average Bonchev–Trinajstić information content (AvgIpc) is 3.03. The van der Waals surface area contributed by atoms with Crippen molar-refractivity contribution in [3.63, 3.8) is 0 Å². The molecule has 3 aromatic rings. The zero-order chi connectivity index (χ0) is 21.0. The number of aromatic nitrogens is 1. The number of nitro benzene ring substituents is 1. The molecule has 1 amide bonds. The Bertz CT molecular complexity index is 1150. The van der Waals surface area contributed by atoms with Gasteiger partial charge in [0.05, 0.1) is 28.0 Å². The molecule has 0 N–H and O–H groups in total. The Morgan fingerprint density at radius 1 is 1.28 bits per heavy atom. The van der Waals surface area contributed by atoms with Crippen LogP contribution in [0.4, 0.5) is 10.1 Å². The van der Waals surface area contributed by atoms with Gasteiger partial charge in [-0.25, -0.2) is 4.39 Å². The van der Waals surface area contributed by atoms with Gasteiger partial charge in [-0.2, -0.15) is 4.99 Å². The molecule has 0 fully saturated rings. The SMILES string of the molecule is COC(=O)Cn1c(=NC(=O)CSc2ccc(F)cc2)sc2ccc([N+](=O)[O-])cc21. The molecule has 29 heavy (non-hydrogen) atoms. The van der Waals surface area contributed by atoms with Crippen LogP contribution in [0.1, 0.15) is 0 Å². The number of halogens is 1. The van der Waals surface area contributed by atoms with E-state index in [1.807, 2.05) is 0 Å². The van der Waals surface area contributed by atoms with Crippen molar-refractivity contribution in [1.29, 1.82) is 0 Å². The van der Waals surface area contributed by atoms with E-state index in [4.69, 9.17) is 0 Å². The molecule has 0 unspecified atom stereocenters. The van der Waals surface area contributed by atoms with E-state index in [0.29, 0.717) is 15.1 Å². The summed E-state index contributed by atoms with van der Waals surface area (Å²) in [4.78, 5) is 39.6. The van der Waals surface area contributed by atoms with Gasteiger partial charge < -0.3 is 9.30 Å². The molecule has 1 aromatic heterocycles. The molecule has 3 rings (SSSR count). The third kappa shape index (κ3) is 5.06. The number of non-ortho nitro benzene ring substituents is 1. The molecule has 1 heterocycles. The molecule has 11 heteroatoms. The number of nitrogens with zero attached hydrogens (tertiary/aromatic N) is 3. The van der Waals surface area contributed by atoms with Gasteiger partial charge in [-0.1, -0.05) is 11.3 Å². The van der Waals surface area contributed by atoms with Crippen LogP contribution >= 0.6 is 23.1 Å². The van der Waals surface area contributed by atoms with Crippen LogP contribution in [0.3, 0.4) is 0 Å². The number of ether oxygens (including phenoxy) is 1. The van der Waals surface area contributed by atoms with Crippen LogP contribution in [0.15, 0.2) is 52.4 Å². The van der Waals surface area contributed by atoms with E-state index in [1.54, 1.807) is 18.2 Å². The molecule has 0 atom stereocenters. The van der Waals surface area contributed by atoms with Gasteiger partial charge in [-0.3, -0.25) is 19.7 Å². The Balaban J connectivity index is 1.94. The highest BCUT2D eigenvalue weighted by Crippen LogP contribution is 2.23. The minimum Gasteiger partial charge on any atom is -0.468 e. The summed E-state index contributed by atoms with van der Waals surface area (Å²) in [5.74, 6) is -1.39. The summed E-state index contributed by atoms with van der Waals surface area (Å²) in [7, 11) is 1.22. The van der Waals surface area contributed by atoms with Gasteiger partial charge in [-0.05, 0) is 30.3 Å². The molecule has 150 valence electrons. The quantitative estimate of drug-likeness (QED) is 0.255. The fourth-order valence-corrected chi connectivity index (χ4v) is 4.13. The first-order chi connectivity index (χ1) is 13.9. The number of nitro groups is 1. The fraction of sp³-hybridized carbons (Fsp3) is 0.167. The summed E-state index contributed by atoms with van der Waals surface area (Å²) in [5.41, 5.74) is 0.269. The zero-order valence-electron chi connectivity index (χ0n) is 15.0. The number of carbonyl (C=O) groups is 2. The molecular weight excluding hydrogens is 421 g/mol. The molecule has 0 aliphatic rings. The number of methoxy groups -OCH3 is 1. The number of thiazole rings is 1. The van der Waals surface area contributed by atoms with Crippen LogP contribution in [0, 0.1) is 15.9 Å². The topological polar surface area (TPSA) is 104 Å². The second kappa shape index (κ2) is 8.97. The molecule has 0 saturated carbocycles. The largest absolute Gasteiger partial charge is 0.468 e. The first-order valence-electron chi connectivity index (χ1n) is 8.18.